The van der Waals surface area contributed by atoms with Crippen molar-refractivity contribution in [2.24, 2.45) is 0 Å². The zero-order chi connectivity index (χ0) is 23.2. The molecule has 12 nitrogen and oxygen atoms in total. The van der Waals surface area contributed by atoms with Gasteiger partial charge in [-0.15, -0.1) is 0 Å². The van der Waals surface area contributed by atoms with Gasteiger partial charge >= 0.3 is 23.6 Å². The van der Waals surface area contributed by atoms with Gasteiger partial charge < -0.3 is 18.9 Å². The second-order valence-electron chi connectivity index (χ2n) is 6.94. The Labute approximate surface area is 178 Å². The number of nitrogens with one attached hydrogen (secondary N) is 1. The predicted octanol–water partition coefficient (Wildman–Crippen LogP) is 0.929. The van der Waals surface area contributed by atoms with Crippen molar-refractivity contribution in [1.29, 1.82) is 0 Å². The summed E-state index contributed by atoms with van der Waals surface area (Å²) in [5.74, 6) is -1.81. The minimum atomic E-state index is -1.57. The molecule has 0 aliphatic carbocycles. The third kappa shape index (κ3) is 5.39. The van der Waals surface area contributed by atoms with Crippen LogP contribution >= 0.6 is 0 Å². The van der Waals surface area contributed by atoms with Gasteiger partial charge in [-0.3, -0.25) is 29.6 Å². The molecule has 1 unspecified atom stereocenters. The lowest BCUT2D eigenvalue weighted by Crippen LogP contribution is -2.52. The Hall–Kier alpha value is -2.99. The molecule has 2 N–H and O–H groups in total. The Morgan fingerprint density at radius 2 is 1.84 bits per heavy atom. The van der Waals surface area contributed by atoms with E-state index < -0.39 is 47.6 Å². The second kappa shape index (κ2) is 10.4. The van der Waals surface area contributed by atoms with E-state index in [-0.39, 0.29) is 31.7 Å². The van der Waals surface area contributed by atoms with E-state index in [0.29, 0.717) is 0 Å². The summed E-state index contributed by atoms with van der Waals surface area (Å²) >= 11 is 0. The van der Waals surface area contributed by atoms with Crippen molar-refractivity contribution in [3.8, 4) is 0 Å². The first-order valence-corrected chi connectivity index (χ1v) is 9.91. The van der Waals surface area contributed by atoms with Gasteiger partial charge in [-0.1, -0.05) is 20.8 Å². The molecule has 1 aliphatic heterocycles. The van der Waals surface area contributed by atoms with Crippen molar-refractivity contribution >= 4 is 23.7 Å². The molecule has 2 heterocycles. The van der Waals surface area contributed by atoms with Crippen LogP contribution in [0.1, 0.15) is 53.2 Å². The molecule has 0 amide bonds. The number of rotatable bonds is 9. The summed E-state index contributed by atoms with van der Waals surface area (Å²) in [7, 11) is 0. The van der Waals surface area contributed by atoms with Crippen LogP contribution in [0.2, 0.25) is 0 Å². The third-order valence-corrected chi connectivity index (χ3v) is 4.84. The summed E-state index contributed by atoms with van der Waals surface area (Å²) in [6.45, 7) is 5.98. The highest BCUT2D eigenvalue weighted by Crippen LogP contribution is 2.42. The van der Waals surface area contributed by atoms with E-state index in [1.807, 2.05) is 0 Å². The maximum absolute atomic E-state index is 12.5. The van der Waals surface area contributed by atoms with Gasteiger partial charge in [0.15, 0.2) is 23.8 Å². The quantitative estimate of drug-likeness (QED) is 0.319. The zero-order valence-electron chi connectivity index (χ0n) is 17.8. The third-order valence-electron chi connectivity index (χ3n) is 4.84. The average Bonchev–Trinajstić information content (AvgIpc) is 3.02. The Bertz CT molecular complexity index is 871. The number of hydrogen-bond acceptors (Lipinski definition) is 11. The molecule has 4 atom stereocenters. The molecule has 1 aliphatic rings. The number of nitrogens with zero attached hydrogens (tertiary/aromatic N) is 2. The molecule has 31 heavy (non-hydrogen) atoms. The fourth-order valence-corrected chi connectivity index (χ4v) is 3.04. The molecule has 1 fully saturated rings. The lowest BCUT2D eigenvalue weighted by molar-refractivity contribution is -0.186. The monoisotopic (exact) mass is 441 g/mol. The van der Waals surface area contributed by atoms with Gasteiger partial charge in [-0.05, 0) is 13.0 Å². The van der Waals surface area contributed by atoms with Gasteiger partial charge in [0.05, 0.1) is 0 Å². The first kappa shape index (κ1) is 24.3. The van der Waals surface area contributed by atoms with Crippen molar-refractivity contribution in [3.63, 3.8) is 0 Å². The number of anilines is 1. The molecule has 172 valence electrons. The smallest absolute Gasteiger partial charge is 0.351 e. The topological polar surface area (TPSA) is 155 Å². The normalized spacial score (nSPS) is 25.0. The van der Waals surface area contributed by atoms with Crippen molar-refractivity contribution < 1.29 is 38.5 Å². The SMILES string of the molecule is CCC(=O)OC[C@H]1O[C@@H](n2ccc(NO)nc2=O)C(OC(=O)CC)[C@]1(C)OC(=O)CC. The minimum Gasteiger partial charge on any atom is -0.463 e. The predicted molar refractivity (Wildman–Crippen MR) is 104 cm³/mol. The van der Waals surface area contributed by atoms with Crippen LogP contribution in [-0.4, -0.2) is 57.1 Å². The van der Waals surface area contributed by atoms with Crippen molar-refractivity contribution in [1.82, 2.24) is 9.55 Å². The summed E-state index contributed by atoms with van der Waals surface area (Å²) < 4.78 is 23.3. The molecule has 1 aromatic rings. The highest BCUT2D eigenvalue weighted by atomic mass is 16.7. The van der Waals surface area contributed by atoms with Gasteiger partial charge in [0.2, 0.25) is 0 Å². The molecule has 0 saturated carbocycles. The van der Waals surface area contributed by atoms with E-state index in [1.165, 1.54) is 19.2 Å². The van der Waals surface area contributed by atoms with E-state index in [9.17, 15) is 19.2 Å². The van der Waals surface area contributed by atoms with Crippen molar-refractivity contribution in [2.45, 2.75) is 71.0 Å². The van der Waals surface area contributed by atoms with E-state index in [2.05, 4.69) is 4.98 Å². The lowest BCUT2D eigenvalue weighted by atomic mass is 9.93. The van der Waals surface area contributed by atoms with Crippen LogP contribution in [0.4, 0.5) is 5.82 Å². The lowest BCUT2D eigenvalue weighted by Gasteiger charge is -2.34. The van der Waals surface area contributed by atoms with Crippen LogP contribution in [0.5, 0.6) is 0 Å². The maximum atomic E-state index is 12.5. The van der Waals surface area contributed by atoms with Crippen LogP contribution in [0.15, 0.2) is 17.1 Å². The average molecular weight is 441 g/mol. The van der Waals surface area contributed by atoms with Crippen molar-refractivity contribution in [2.75, 3.05) is 12.1 Å². The molecular formula is C19H27N3O9. The fraction of sp³-hybridized carbons (Fsp3) is 0.632. The molecule has 0 radical (unpaired) electrons. The second-order valence-corrected chi connectivity index (χ2v) is 6.94. The highest BCUT2D eigenvalue weighted by molar-refractivity contribution is 5.71. The summed E-state index contributed by atoms with van der Waals surface area (Å²) in [6.07, 6.45) is -2.06. The molecule has 1 aromatic heterocycles. The number of esters is 3. The highest BCUT2D eigenvalue weighted by Gasteiger charge is 2.60. The van der Waals surface area contributed by atoms with E-state index in [1.54, 1.807) is 26.3 Å². The van der Waals surface area contributed by atoms with Gasteiger partial charge in [-0.25, -0.2) is 4.79 Å². The molecule has 0 aromatic carbocycles. The number of aromatic nitrogens is 2. The molecule has 1 saturated heterocycles. The standard InChI is InChI=1S/C19H27N3O9/c1-5-13(23)28-10-11-19(4,31-15(25)7-3)16(30-14(24)6-2)17(29-11)22-9-8-12(21-27)20-18(22)26/h8-9,11,16-17,27H,5-7,10H2,1-4H3,(H,20,21,26)/t11-,16?,17-,19-/m1/s1. The largest absolute Gasteiger partial charge is 0.463 e. The Morgan fingerprint density at radius 1 is 1.19 bits per heavy atom. The van der Waals surface area contributed by atoms with Gasteiger partial charge in [0, 0.05) is 25.5 Å². The molecule has 2 rings (SSSR count). The number of carbonyl (C=O) groups excluding carboxylic acids is 3. The first-order chi connectivity index (χ1) is 14.7. The Kier molecular flexibility index (Phi) is 8.11. The Balaban J connectivity index is 2.51. The number of carbonyl (C=O) groups is 3. The summed E-state index contributed by atoms with van der Waals surface area (Å²) in [6, 6.07) is 1.29. The zero-order valence-corrected chi connectivity index (χ0v) is 17.8. The van der Waals surface area contributed by atoms with Crippen LogP contribution in [-0.2, 0) is 33.3 Å². The summed E-state index contributed by atoms with van der Waals surface area (Å²) in [5, 5.41) is 8.95. The Morgan fingerprint density at radius 3 is 2.39 bits per heavy atom. The van der Waals surface area contributed by atoms with Crippen molar-refractivity contribution in [3.05, 3.63) is 22.7 Å². The molecule has 0 spiro atoms. The molecular weight excluding hydrogens is 414 g/mol. The summed E-state index contributed by atoms with van der Waals surface area (Å²) in [4.78, 5) is 52.1. The van der Waals surface area contributed by atoms with Gasteiger partial charge in [0.1, 0.15) is 12.7 Å². The first-order valence-electron chi connectivity index (χ1n) is 9.91. The fourth-order valence-electron chi connectivity index (χ4n) is 3.04. The van der Waals surface area contributed by atoms with Crippen LogP contribution in [0.3, 0.4) is 0 Å². The number of ether oxygens (including phenoxy) is 4. The van der Waals surface area contributed by atoms with Crippen LogP contribution < -0.4 is 11.2 Å². The van der Waals surface area contributed by atoms with E-state index in [0.717, 1.165) is 4.57 Å². The molecule has 0 bridgehead atoms. The van der Waals surface area contributed by atoms with Crippen LogP contribution in [0, 0.1) is 0 Å². The minimum absolute atomic E-state index is 0.0248. The van der Waals surface area contributed by atoms with Crippen LogP contribution in [0.25, 0.3) is 0 Å². The van der Waals surface area contributed by atoms with E-state index >= 15 is 0 Å². The van der Waals surface area contributed by atoms with Gasteiger partial charge in [0.25, 0.3) is 0 Å². The maximum Gasteiger partial charge on any atom is 0.351 e. The van der Waals surface area contributed by atoms with Gasteiger partial charge in [-0.2, -0.15) is 4.98 Å². The molecule has 12 heteroatoms. The number of hydrogen-bond donors (Lipinski definition) is 2. The summed E-state index contributed by atoms with van der Waals surface area (Å²) in [5.41, 5.74) is -0.629. The van der Waals surface area contributed by atoms with E-state index in [4.69, 9.17) is 24.2 Å².